The van der Waals surface area contributed by atoms with Gasteiger partial charge in [-0.1, -0.05) is 42.5 Å². The Kier molecular flexibility index (Phi) is 7.84. The number of benzene rings is 2. The predicted octanol–water partition coefficient (Wildman–Crippen LogP) is 2.83. The summed E-state index contributed by atoms with van der Waals surface area (Å²) in [6, 6.07) is 17.8. The van der Waals surface area contributed by atoms with Crippen molar-refractivity contribution in [3.63, 3.8) is 0 Å². The van der Waals surface area contributed by atoms with E-state index in [0.717, 1.165) is 50.3 Å². The molecule has 1 N–H and O–H groups in total. The van der Waals surface area contributed by atoms with Crippen LogP contribution in [0.5, 0.6) is 0 Å². The molecule has 7 heteroatoms. The van der Waals surface area contributed by atoms with Crippen molar-refractivity contribution in [2.24, 2.45) is 0 Å². The summed E-state index contributed by atoms with van der Waals surface area (Å²) in [4.78, 5) is 31.7. The average Bonchev–Trinajstić information content (AvgIpc) is 3.18. The van der Waals surface area contributed by atoms with Crippen molar-refractivity contribution in [3.05, 3.63) is 71.3 Å². The minimum atomic E-state index is -0.0359. The normalized spacial score (nSPS) is 20.0. The zero-order chi connectivity index (χ0) is 22.3. The number of nitrogens with zero attached hydrogens (tertiary/aromatic N) is 3. The summed E-state index contributed by atoms with van der Waals surface area (Å²) >= 11 is 1.64. The van der Waals surface area contributed by atoms with Crippen molar-refractivity contribution in [1.82, 2.24) is 20.0 Å². The third-order valence-electron chi connectivity index (χ3n) is 6.15. The van der Waals surface area contributed by atoms with Crippen LogP contribution in [0, 0.1) is 0 Å². The second kappa shape index (κ2) is 11.0. The number of nitrogens with one attached hydrogen (secondary N) is 1. The molecule has 0 saturated carbocycles. The topological polar surface area (TPSA) is 55.9 Å². The molecule has 2 aromatic rings. The van der Waals surface area contributed by atoms with Gasteiger partial charge in [0.15, 0.2) is 0 Å². The van der Waals surface area contributed by atoms with Gasteiger partial charge in [-0.2, -0.15) is 0 Å². The van der Waals surface area contributed by atoms with Crippen molar-refractivity contribution in [3.8, 4) is 0 Å². The molecule has 2 amide bonds. The first-order valence-electron chi connectivity index (χ1n) is 11.3. The minimum absolute atomic E-state index is 0.0107. The lowest BCUT2D eigenvalue weighted by atomic mass is 10.1. The van der Waals surface area contributed by atoms with Crippen LogP contribution in [0.1, 0.15) is 33.3 Å². The van der Waals surface area contributed by atoms with Crippen LogP contribution >= 0.6 is 11.8 Å². The maximum Gasteiger partial charge on any atom is 0.251 e. The predicted molar refractivity (Wildman–Crippen MR) is 130 cm³/mol. The van der Waals surface area contributed by atoms with Crippen molar-refractivity contribution in [1.29, 1.82) is 0 Å². The number of carbonyl (C=O) groups is 2. The molecule has 0 spiro atoms. The third-order valence-corrected chi connectivity index (χ3v) is 7.41. The van der Waals surface area contributed by atoms with Gasteiger partial charge >= 0.3 is 0 Å². The molecule has 0 bridgehead atoms. The van der Waals surface area contributed by atoms with Crippen molar-refractivity contribution < 1.29 is 9.59 Å². The Labute approximate surface area is 194 Å². The fourth-order valence-electron chi connectivity index (χ4n) is 4.16. The first kappa shape index (κ1) is 22.8. The molecule has 2 fully saturated rings. The molecule has 4 rings (SSSR count). The quantitative estimate of drug-likeness (QED) is 0.625. The molecule has 32 heavy (non-hydrogen) atoms. The number of hydrogen-bond acceptors (Lipinski definition) is 5. The number of amides is 2. The summed E-state index contributed by atoms with van der Waals surface area (Å²) in [5, 5.41) is 3.03. The van der Waals surface area contributed by atoms with E-state index in [9.17, 15) is 9.59 Å². The number of likely N-dealkylation sites (N-methyl/N-ethyl adjacent to an activating group) is 1. The average molecular weight is 453 g/mol. The van der Waals surface area contributed by atoms with Crippen LogP contribution in [0.15, 0.2) is 54.6 Å². The Morgan fingerprint density at radius 3 is 2.47 bits per heavy atom. The number of hydrogen-bond donors (Lipinski definition) is 1. The number of carbonyl (C=O) groups excluding carboxylic acids is 2. The highest BCUT2D eigenvalue weighted by atomic mass is 32.2. The zero-order valence-corrected chi connectivity index (χ0v) is 19.5. The van der Waals surface area contributed by atoms with Crippen molar-refractivity contribution in [2.45, 2.75) is 18.3 Å². The second-order valence-corrected chi connectivity index (χ2v) is 9.62. The fourth-order valence-corrected chi connectivity index (χ4v) is 5.35. The molecule has 0 aliphatic carbocycles. The first-order valence-corrected chi connectivity index (χ1v) is 12.4. The molecule has 1 atom stereocenters. The Bertz CT molecular complexity index is 898. The zero-order valence-electron chi connectivity index (χ0n) is 18.7. The van der Waals surface area contributed by atoms with Crippen LogP contribution in [0.4, 0.5) is 0 Å². The molecule has 2 saturated heterocycles. The van der Waals surface area contributed by atoms with E-state index in [2.05, 4.69) is 22.2 Å². The van der Waals surface area contributed by atoms with Gasteiger partial charge in [-0.15, -0.1) is 11.8 Å². The summed E-state index contributed by atoms with van der Waals surface area (Å²) in [6.07, 6.45) is 0.961. The van der Waals surface area contributed by atoms with Crippen LogP contribution in [-0.2, 0) is 11.3 Å². The molecule has 2 aliphatic rings. The Balaban J connectivity index is 1.27. The standard InChI is InChI=1S/C25H32N4O2S/c1-27-14-16-28(17-15-27)13-5-12-26-24(31)21-8-10-22(11-9-21)25-29(23(30)19-32-25)18-20-6-3-2-4-7-20/h2-4,6-11,25H,5,12-19H2,1H3,(H,26,31)/t25-/m1/s1. The van der Waals surface area contributed by atoms with E-state index < -0.39 is 0 Å². The van der Waals surface area contributed by atoms with E-state index in [1.165, 1.54) is 0 Å². The Hall–Kier alpha value is -2.35. The van der Waals surface area contributed by atoms with Crippen LogP contribution in [0.2, 0.25) is 0 Å². The van der Waals surface area contributed by atoms with Gasteiger partial charge in [-0.3, -0.25) is 9.59 Å². The monoisotopic (exact) mass is 452 g/mol. The molecule has 170 valence electrons. The van der Waals surface area contributed by atoms with Crippen LogP contribution < -0.4 is 5.32 Å². The summed E-state index contributed by atoms with van der Waals surface area (Å²) in [6.45, 7) is 6.76. The highest BCUT2D eigenvalue weighted by molar-refractivity contribution is 8.00. The second-order valence-electron chi connectivity index (χ2n) is 8.55. The summed E-state index contributed by atoms with van der Waals surface area (Å²) in [5.41, 5.74) is 2.85. The van der Waals surface area contributed by atoms with E-state index in [1.807, 2.05) is 59.5 Å². The minimum Gasteiger partial charge on any atom is -0.352 e. The van der Waals surface area contributed by atoms with Gasteiger partial charge in [0.1, 0.15) is 5.37 Å². The smallest absolute Gasteiger partial charge is 0.251 e. The van der Waals surface area contributed by atoms with Crippen LogP contribution in [0.25, 0.3) is 0 Å². The molecule has 6 nitrogen and oxygen atoms in total. The van der Waals surface area contributed by atoms with Gasteiger partial charge in [0, 0.05) is 44.8 Å². The molecule has 2 heterocycles. The molecular weight excluding hydrogens is 420 g/mol. The molecular formula is C25H32N4O2S. The maximum atomic E-state index is 12.5. The number of thioether (sulfide) groups is 1. The lowest BCUT2D eigenvalue weighted by Crippen LogP contribution is -2.45. The van der Waals surface area contributed by atoms with E-state index in [1.54, 1.807) is 11.8 Å². The van der Waals surface area contributed by atoms with E-state index in [4.69, 9.17) is 0 Å². The molecule has 2 aliphatic heterocycles. The highest BCUT2D eigenvalue weighted by Gasteiger charge is 2.32. The van der Waals surface area contributed by atoms with Gasteiger partial charge < -0.3 is 20.0 Å². The van der Waals surface area contributed by atoms with E-state index in [0.29, 0.717) is 24.4 Å². The van der Waals surface area contributed by atoms with Crippen LogP contribution in [0.3, 0.4) is 0 Å². The van der Waals surface area contributed by atoms with Gasteiger partial charge in [0.2, 0.25) is 5.91 Å². The Morgan fingerprint density at radius 2 is 1.75 bits per heavy atom. The summed E-state index contributed by atoms with van der Waals surface area (Å²) in [7, 11) is 2.16. The SMILES string of the molecule is CN1CCN(CCCNC(=O)c2ccc([C@H]3SCC(=O)N3Cc3ccccc3)cc2)CC1. The lowest BCUT2D eigenvalue weighted by molar-refractivity contribution is -0.128. The van der Waals surface area contributed by atoms with Crippen molar-refractivity contribution in [2.75, 3.05) is 52.1 Å². The maximum absolute atomic E-state index is 12.5. The number of piperazine rings is 1. The highest BCUT2D eigenvalue weighted by Crippen LogP contribution is 2.39. The largest absolute Gasteiger partial charge is 0.352 e. The Morgan fingerprint density at radius 1 is 1.03 bits per heavy atom. The molecule has 2 aromatic carbocycles. The van der Waals surface area contributed by atoms with Gasteiger partial charge in [-0.05, 0) is 43.3 Å². The van der Waals surface area contributed by atoms with Gasteiger partial charge in [0.05, 0.1) is 5.75 Å². The number of rotatable bonds is 8. The molecule has 0 unspecified atom stereocenters. The lowest BCUT2D eigenvalue weighted by Gasteiger charge is -2.32. The van der Waals surface area contributed by atoms with E-state index >= 15 is 0 Å². The first-order chi connectivity index (χ1) is 15.6. The van der Waals surface area contributed by atoms with Crippen molar-refractivity contribution >= 4 is 23.6 Å². The molecule has 0 radical (unpaired) electrons. The van der Waals surface area contributed by atoms with Gasteiger partial charge in [-0.25, -0.2) is 0 Å². The van der Waals surface area contributed by atoms with E-state index in [-0.39, 0.29) is 17.2 Å². The van der Waals surface area contributed by atoms with Gasteiger partial charge in [0.25, 0.3) is 5.91 Å². The summed E-state index contributed by atoms with van der Waals surface area (Å²) in [5.74, 6) is 0.616. The third kappa shape index (κ3) is 5.91. The van der Waals surface area contributed by atoms with Crippen LogP contribution in [-0.4, -0.2) is 78.6 Å². The summed E-state index contributed by atoms with van der Waals surface area (Å²) < 4.78 is 0. The molecule has 0 aromatic heterocycles. The fraction of sp³-hybridized carbons (Fsp3) is 0.440.